The molecule has 15 heavy (non-hydrogen) atoms. The van der Waals surface area contributed by atoms with Gasteiger partial charge in [-0.3, -0.25) is 0 Å². The van der Waals surface area contributed by atoms with Crippen LogP contribution in [0.3, 0.4) is 0 Å². The summed E-state index contributed by atoms with van der Waals surface area (Å²) in [6.45, 7) is 9.71. The van der Waals surface area contributed by atoms with E-state index in [9.17, 15) is 0 Å². The SMILES string of the molecule is CCNCC1(OCCC(C)C)CCCC1. The fraction of sp³-hybridized carbons (Fsp3) is 1.00. The second-order valence-electron chi connectivity index (χ2n) is 5.20. The first kappa shape index (κ1) is 13.0. The van der Waals surface area contributed by atoms with Crippen LogP contribution >= 0.6 is 0 Å². The maximum atomic E-state index is 6.14. The van der Waals surface area contributed by atoms with Gasteiger partial charge in [0.25, 0.3) is 0 Å². The van der Waals surface area contributed by atoms with Gasteiger partial charge in [-0.25, -0.2) is 0 Å². The number of nitrogens with one attached hydrogen (secondary N) is 1. The molecule has 1 saturated carbocycles. The Morgan fingerprint density at radius 2 is 1.93 bits per heavy atom. The van der Waals surface area contributed by atoms with Crippen LogP contribution in [0.5, 0.6) is 0 Å². The van der Waals surface area contributed by atoms with Gasteiger partial charge in [-0.2, -0.15) is 0 Å². The summed E-state index contributed by atoms with van der Waals surface area (Å²) in [6.07, 6.45) is 6.37. The topological polar surface area (TPSA) is 21.3 Å². The van der Waals surface area contributed by atoms with E-state index in [0.717, 1.165) is 25.6 Å². The zero-order valence-corrected chi connectivity index (χ0v) is 10.6. The van der Waals surface area contributed by atoms with Crippen molar-refractivity contribution in [3.63, 3.8) is 0 Å². The lowest BCUT2D eigenvalue weighted by Crippen LogP contribution is -2.41. The average molecular weight is 213 g/mol. The van der Waals surface area contributed by atoms with E-state index in [4.69, 9.17) is 4.74 Å². The van der Waals surface area contributed by atoms with Crippen LogP contribution in [0.15, 0.2) is 0 Å². The van der Waals surface area contributed by atoms with Crippen molar-refractivity contribution < 1.29 is 4.74 Å². The monoisotopic (exact) mass is 213 g/mol. The van der Waals surface area contributed by atoms with Crippen LogP contribution in [0.25, 0.3) is 0 Å². The molecule has 90 valence electrons. The van der Waals surface area contributed by atoms with Crippen molar-refractivity contribution >= 4 is 0 Å². The van der Waals surface area contributed by atoms with Crippen LogP contribution in [0.4, 0.5) is 0 Å². The van der Waals surface area contributed by atoms with Crippen molar-refractivity contribution in [2.24, 2.45) is 5.92 Å². The standard InChI is InChI=1S/C13H27NO/c1-4-14-11-13(8-5-6-9-13)15-10-7-12(2)3/h12,14H,4-11H2,1-3H3. The predicted molar refractivity (Wildman–Crippen MR) is 65.1 cm³/mol. The van der Waals surface area contributed by atoms with E-state index in [1.54, 1.807) is 0 Å². The fourth-order valence-electron chi connectivity index (χ4n) is 2.26. The molecule has 0 saturated heterocycles. The van der Waals surface area contributed by atoms with Gasteiger partial charge in [-0.05, 0) is 31.7 Å². The largest absolute Gasteiger partial charge is 0.374 e. The molecular formula is C13H27NO. The molecule has 0 unspecified atom stereocenters. The second kappa shape index (κ2) is 6.49. The van der Waals surface area contributed by atoms with Crippen molar-refractivity contribution in [2.75, 3.05) is 19.7 Å². The zero-order valence-electron chi connectivity index (χ0n) is 10.6. The third-order valence-electron chi connectivity index (χ3n) is 3.32. The minimum absolute atomic E-state index is 0.172. The van der Waals surface area contributed by atoms with E-state index < -0.39 is 0 Å². The van der Waals surface area contributed by atoms with E-state index in [2.05, 4.69) is 26.1 Å². The summed E-state index contributed by atoms with van der Waals surface area (Å²) in [5, 5.41) is 3.44. The molecule has 0 amide bonds. The van der Waals surface area contributed by atoms with Crippen molar-refractivity contribution in [2.45, 2.75) is 58.5 Å². The lowest BCUT2D eigenvalue weighted by Gasteiger charge is -2.30. The summed E-state index contributed by atoms with van der Waals surface area (Å²) in [7, 11) is 0. The van der Waals surface area contributed by atoms with E-state index in [-0.39, 0.29) is 5.60 Å². The highest BCUT2D eigenvalue weighted by Crippen LogP contribution is 2.32. The first-order valence-electron chi connectivity index (χ1n) is 6.53. The van der Waals surface area contributed by atoms with Crippen LogP contribution in [0.1, 0.15) is 52.9 Å². The summed E-state index contributed by atoms with van der Waals surface area (Å²) in [4.78, 5) is 0. The zero-order chi connectivity index (χ0) is 11.1. The Hall–Kier alpha value is -0.0800. The number of hydrogen-bond acceptors (Lipinski definition) is 2. The summed E-state index contributed by atoms with van der Waals surface area (Å²) >= 11 is 0. The molecule has 0 aliphatic heterocycles. The Morgan fingerprint density at radius 1 is 1.27 bits per heavy atom. The average Bonchev–Trinajstić information content (AvgIpc) is 2.64. The molecule has 0 aromatic rings. The molecule has 2 nitrogen and oxygen atoms in total. The van der Waals surface area contributed by atoms with Crippen LogP contribution in [-0.4, -0.2) is 25.3 Å². The lowest BCUT2D eigenvalue weighted by atomic mass is 10.0. The van der Waals surface area contributed by atoms with Gasteiger partial charge in [-0.1, -0.05) is 33.6 Å². The maximum Gasteiger partial charge on any atom is 0.0806 e. The van der Waals surface area contributed by atoms with Crippen molar-refractivity contribution in [3.8, 4) is 0 Å². The smallest absolute Gasteiger partial charge is 0.0806 e. The quantitative estimate of drug-likeness (QED) is 0.702. The Kier molecular flexibility index (Phi) is 5.62. The summed E-state index contributed by atoms with van der Waals surface area (Å²) in [5.41, 5.74) is 0.172. The molecule has 0 heterocycles. The Labute approximate surface area is 94.8 Å². The molecule has 0 aromatic carbocycles. The fourth-order valence-corrected chi connectivity index (χ4v) is 2.26. The number of ether oxygens (including phenoxy) is 1. The van der Waals surface area contributed by atoms with Gasteiger partial charge in [-0.15, -0.1) is 0 Å². The molecule has 1 aliphatic rings. The van der Waals surface area contributed by atoms with Gasteiger partial charge in [0.1, 0.15) is 0 Å². The van der Waals surface area contributed by atoms with E-state index >= 15 is 0 Å². The summed E-state index contributed by atoms with van der Waals surface area (Å²) in [5.74, 6) is 0.752. The molecule has 2 heteroatoms. The van der Waals surface area contributed by atoms with Crippen molar-refractivity contribution in [1.29, 1.82) is 0 Å². The molecule has 1 rings (SSSR count). The van der Waals surface area contributed by atoms with E-state index in [1.807, 2.05) is 0 Å². The third-order valence-corrected chi connectivity index (χ3v) is 3.32. The van der Waals surface area contributed by atoms with Gasteiger partial charge >= 0.3 is 0 Å². The molecule has 1 fully saturated rings. The van der Waals surface area contributed by atoms with Crippen molar-refractivity contribution in [1.82, 2.24) is 5.32 Å². The highest BCUT2D eigenvalue weighted by molar-refractivity contribution is 4.88. The molecule has 0 radical (unpaired) electrons. The first-order chi connectivity index (χ1) is 7.18. The van der Waals surface area contributed by atoms with Crippen molar-refractivity contribution in [3.05, 3.63) is 0 Å². The molecule has 0 bridgehead atoms. The summed E-state index contributed by atoms with van der Waals surface area (Å²) in [6, 6.07) is 0. The van der Waals surface area contributed by atoms with E-state index in [1.165, 1.54) is 32.1 Å². The molecule has 0 atom stereocenters. The third kappa shape index (κ3) is 4.52. The van der Waals surface area contributed by atoms with Gasteiger partial charge in [0.15, 0.2) is 0 Å². The maximum absolute atomic E-state index is 6.14. The first-order valence-corrected chi connectivity index (χ1v) is 6.53. The van der Waals surface area contributed by atoms with Gasteiger partial charge in [0, 0.05) is 13.2 Å². The number of hydrogen-bond donors (Lipinski definition) is 1. The number of likely N-dealkylation sites (N-methyl/N-ethyl adjacent to an activating group) is 1. The Bertz CT molecular complexity index is 162. The molecule has 0 aromatic heterocycles. The highest BCUT2D eigenvalue weighted by atomic mass is 16.5. The van der Waals surface area contributed by atoms with Crippen LogP contribution in [-0.2, 0) is 4.74 Å². The van der Waals surface area contributed by atoms with Crippen LogP contribution < -0.4 is 5.32 Å². The molecule has 1 N–H and O–H groups in total. The Balaban J connectivity index is 2.29. The molecule has 0 spiro atoms. The van der Waals surface area contributed by atoms with Gasteiger partial charge in [0.2, 0.25) is 0 Å². The predicted octanol–water partition coefficient (Wildman–Crippen LogP) is 2.97. The van der Waals surface area contributed by atoms with E-state index in [0.29, 0.717) is 0 Å². The van der Waals surface area contributed by atoms with Crippen LogP contribution in [0.2, 0.25) is 0 Å². The Morgan fingerprint density at radius 3 is 2.47 bits per heavy atom. The molecule has 1 aliphatic carbocycles. The van der Waals surface area contributed by atoms with Crippen LogP contribution in [0, 0.1) is 5.92 Å². The number of rotatable bonds is 7. The normalized spacial score (nSPS) is 20.0. The molecular weight excluding hydrogens is 186 g/mol. The van der Waals surface area contributed by atoms with Gasteiger partial charge < -0.3 is 10.1 Å². The minimum atomic E-state index is 0.172. The summed E-state index contributed by atoms with van der Waals surface area (Å²) < 4.78 is 6.14. The van der Waals surface area contributed by atoms with Gasteiger partial charge in [0.05, 0.1) is 5.60 Å². The minimum Gasteiger partial charge on any atom is -0.374 e. The second-order valence-corrected chi connectivity index (χ2v) is 5.20. The lowest BCUT2D eigenvalue weighted by molar-refractivity contribution is -0.0429. The highest BCUT2D eigenvalue weighted by Gasteiger charge is 2.34.